The standard InChI is InChI=1S/C16H14N4O/c1-2-12-4-3-7-18-15(12)16-13(11-21)10-20(19-16)14-5-8-17-9-6-14/h3-11H,2H2,1H3. The van der Waals surface area contributed by atoms with Crippen molar-refractivity contribution in [2.75, 3.05) is 0 Å². The van der Waals surface area contributed by atoms with E-state index in [2.05, 4.69) is 22.0 Å². The lowest BCUT2D eigenvalue weighted by atomic mass is 10.1. The van der Waals surface area contributed by atoms with E-state index in [1.165, 1.54) is 0 Å². The van der Waals surface area contributed by atoms with Gasteiger partial charge in [-0.15, -0.1) is 0 Å². The average molecular weight is 278 g/mol. The Kier molecular flexibility index (Phi) is 3.55. The summed E-state index contributed by atoms with van der Waals surface area (Å²) in [5, 5.41) is 4.53. The van der Waals surface area contributed by atoms with Crippen molar-refractivity contribution in [1.82, 2.24) is 19.7 Å². The molecule has 104 valence electrons. The zero-order chi connectivity index (χ0) is 14.7. The number of carbonyl (C=O) groups excluding carboxylic acids is 1. The first-order valence-electron chi connectivity index (χ1n) is 6.73. The molecule has 0 fully saturated rings. The van der Waals surface area contributed by atoms with Crippen LogP contribution >= 0.6 is 0 Å². The van der Waals surface area contributed by atoms with Crippen LogP contribution in [0.4, 0.5) is 0 Å². The van der Waals surface area contributed by atoms with Gasteiger partial charge in [-0.2, -0.15) is 5.10 Å². The molecule has 0 atom stereocenters. The number of nitrogens with zero attached hydrogens (tertiary/aromatic N) is 4. The number of carbonyl (C=O) groups is 1. The van der Waals surface area contributed by atoms with Crippen molar-refractivity contribution >= 4 is 6.29 Å². The maximum Gasteiger partial charge on any atom is 0.153 e. The molecule has 0 aromatic carbocycles. The van der Waals surface area contributed by atoms with E-state index in [0.29, 0.717) is 11.3 Å². The molecule has 0 N–H and O–H groups in total. The molecule has 0 radical (unpaired) electrons. The van der Waals surface area contributed by atoms with Gasteiger partial charge in [-0.25, -0.2) is 4.68 Å². The smallest absolute Gasteiger partial charge is 0.153 e. The van der Waals surface area contributed by atoms with Crippen molar-refractivity contribution < 1.29 is 4.79 Å². The van der Waals surface area contributed by atoms with E-state index in [9.17, 15) is 4.79 Å². The first-order chi connectivity index (χ1) is 10.3. The Bertz CT molecular complexity index is 765. The molecule has 0 saturated heterocycles. The third-order valence-corrected chi connectivity index (χ3v) is 3.29. The summed E-state index contributed by atoms with van der Waals surface area (Å²) in [5.74, 6) is 0. The monoisotopic (exact) mass is 278 g/mol. The molecule has 3 rings (SSSR count). The quantitative estimate of drug-likeness (QED) is 0.688. The molecule has 0 aliphatic carbocycles. The van der Waals surface area contributed by atoms with Gasteiger partial charge in [0, 0.05) is 24.8 Å². The molecule has 0 amide bonds. The highest BCUT2D eigenvalue weighted by atomic mass is 16.1. The lowest BCUT2D eigenvalue weighted by Crippen LogP contribution is -1.97. The van der Waals surface area contributed by atoms with E-state index in [4.69, 9.17) is 0 Å². The molecular weight excluding hydrogens is 264 g/mol. The van der Waals surface area contributed by atoms with Crippen molar-refractivity contribution in [3.05, 3.63) is 60.2 Å². The fourth-order valence-corrected chi connectivity index (χ4v) is 2.22. The van der Waals surface area contributed by atoms with Gasteiger partial charge in [0.25, 0.3) is 0 Å². The van der Waals surface area contributed by atoms with E-state index in [1.807, 2.05) is 24.3 Å². The Morgan fingerprint density at radius 1 is 1.14 bits per heavy atom. The van der Waals surface area contributed by atoms with Crippen molar-refractivity contribution in [3.63, 3.8) is 0 Å². The molecule has 5 heteroatoms. The summed E-state index contributed by atoms with van der Waals surface area (Å²) in [5.41, 5.74) is 3.82. The fraction of sp³-hybridized carbons (Fsp3) is 0.125. The maximum atomic E-state index is 11.4. The van der Waals surface area contributed by atoms with E-state index < -0.39 is 0 Å². The predicted octanol–water partition coefficient (Wildman–Crippen LogP) is 2.70. The molecule has 3 aromatic rings. The van der Waals surface area contributed by atoms with Gasteiger partial charge in [0.15, 0.2) is 6.29 Å². The molecule has 3 aromatic heterocycles. The highest BCUT2D eigenvalue weighted by molar-refractivity contribution is 5.85. The van der Waals surface area contributed by atoms with Gasteiger partial charge in [0.2, 0.25) is 0 Å². The second kappa shape index (κ2) is 5.66. The van der Waals surface area contributed by atoms with Crippen LogP contribution in [0, 0.1) is 0 Å². The van der Waals surface area contributed by atoms with Crippen LogP contribution in [0.5, 0.6) is 0 Å². The third-order valence-electron chi connectivity index (χ3n) is 3.29. The maximum absolute atomic E-state index is 11.4. The molecule has 0 unspecified atom stereocenters. The first-order valence-corrected chi connectivity index (χ1v) is 6.73. The van der Waals surface area contributed by atoms with Crippen LogP contribution in [0.15, 0.2) is 49.1 Å². The summed E-state index contributed by atoms with van der Waals surface area (Å²) in [6.45, 7) is 2.06. The molecule has 5 nitrogen and oxygen atoms in total. The Morgan fingerprint density at radius 2 is 1.95 bits per heavy atom. The van der Waals surface area contributed by atoms with Crippen LogP contribution < -0.4 is 0 Å². The highest BCUT2D eigenvalue weighted by Crippen LogP contribution is 2.24. The van der Waals surface area contributed by atoms with Crippen molar-refractivity contribution in [2.45, 2.75) is 13.3 Å². The van der Waals surface area contributed by atoms with Crippen LogP contribution in [0.2, 0.25) is 0 Å². The molecule has 3 heterocycles. The summed E-state index contributed by atoms with van der Waals surface area (Å²) in [4.78, 5) is 19.7. The van der Waals surface area contributed by atoms with E-state index >= 15 is 0 Å². The minimum atomic E-state index is 0.528. The number of aromatic nitrogens is 4. The largest absolute Gasteiger partial charge is 0.298 e. The number of pyridine rings is 2. The van der Waals surface area contributed by atoms with Gasteiger partial charge in [-0.3, -0.25) is 14.8 Å². The third kappa shape index (κ3) is 2.45. The van der Waals surface area contributed by atoms with Gasteiger partial charge in [-0.1, -0.05) is 13.0 Å². The summed E-state index contributed by atoms with van der Waals surface area (Å²) in [6.07, 6.45) is 8.46. The number of hydrogen-bond acceptors (Lipinski definition) is 4. The summed E-state index contributed by atoms with van der Waals surface area (Å²) < 4.78 is 1.68. The fourth-order valence-electron chi connectivity index (χ4n) is 2.22. The van der Waals surface area contributed by atoms with Gasteiger partial charge < -0.3 is 0 Å². The van der Waals surface area contributed by atoms with Crippen LogP contribution in [-0.4, -0.2) is 26.0 Å². The summed E-state index contributed by atoms with van der Waals surface area (Å²) in [7, 11) is 0. The number of hydrogen-bond donors (Lipinski definition) is 0. The Hall–Kier alpha value is -2.82. The second-order valence-electron chi connectivity index (χ2n) is 4.57. The Labute approximate surface area is 122 Å². The second-order valence-corrected chi connectivity index (χ2v) is 4.57. The van der Waals surface area contributed by atoms with Crippen LogP contribution in [-0.2, 0) is 6.42 Å². The molecule has 0 spiro atoms. The number of aldehydes is 1. The normalized spacial score (nSPS) is 10.5. The first kappa shape index (κ1) is 13.2. The van der Waals surface area contributed by atoms with E-state index in [1.54, 1.807) is 29.5 Å². The molecular formula is C16H14N4O. The van der Waals surface area contributed by atoms with Gasteiger partial charge in [-0.05, 0) is 30.2 Å². The SMILES string of the molecule is CCc1cccnc1-c1nn(-c2ccncc2)cc1C=O. The molecule has 0 saturated carbocycles. The van der Waals surface area contributed by atoms with Crippen molar-refractivity contribution in [1.29, 1.82) is 0 Å². The van der Waals surface area contributed by atoms with E-state index in [0.717, 1.165) is 29.7 Å². The molecule has 21 heavy (non-hydrogen) atoms. The predicted molar refractivity (Wildman–Crippen MR) is 79.4 cm³/mol. The minimum Gasteiger partial charge on any atom is -0.298 e. The van der Waals surface area contributed by atoms with Crippen LogP contribution in [0.3, 0.4) is 0 Å². The molecule has 0 aliphatic heterocycles. The zero-order valence-electron chi connectivity index (χ0n) is 11.6. The average Bonchev–Trinajstić information content (AvgIpc) is 2.99. The number of aryl methyl sites for hydroxylation is 1. The molecule has 0 bridgehead atoms. The topological polar surface area (TPSA) is 60.7 Å². The van der Waals surface area contributed by atoms with Crippen molar-refractivity contribution in [2.24, 2.45) is 0 Å². The van der Waals surface area contributed by atoms with E-state index in [-0.39, 0.29) is 0 Å². The lowest BCUT2D eigenvalue weighted by Gasteiger charge is -2.04. The Morgan fingerprint density at radius 3 is 2.67 bits per heavy atom. The van der Waals surface area contributed by atoms with Crippen LogP contribution in [0.1, 0.15) is 22.8 Å². The number of rotatable bonds is 4. The van der Waals surface area contributed by atoms with Crippen molar-refractivity contribution in [3.8, 4) is 17.1 Å². The van der Waals surface area contributed by atoms with Gasteiger partial charge >= 0.3 is 0 Å². The van der Waals surface area contributed by atoms with Gasteiger partial charge in [0.1, 0.15) is 5.69 Å². The summed E-state index contributed by atoms with van der Waals surface area (Å²) in [6, 6.07) is 7.57. The minimum absolute atomic E-state index is 0.528. The summed E-state index contributed by atoms with van der Waals surface area (Å²) >= 11 is 0. The lowest BCUT2D eigenvalue weighted by molar-refractivity contribution is 0.112. The zero-order valence-corrected chi connectivity index (χ0v) is 11.6. The van der Waals surface area contributed by atoms with Crippen LogP contribution in [0.25, 0.3) is 17.1 Å². The Balaban J connectivity index is 2.15. The van der Waals surface area contributed by atoms with Gasteiger partial charge in [0.05, 0.1) is 16.9 Å². The highest BCUT2D eigenvalue weighted by Gasteiger charge is 2.15. The molecule has 0 aliphatic rings.